The third-order valence-corrected chi connectivity index (χ3v) is 2.06. The van der Waals surface area contributed by atoms with Crippen molar-refractivity contribution in [3.8, 4) is 11.3 Å². The summed E-state index contributed by atoms with van der Waals surface area (Å²) in [6, 6.07) is 12.3. The molecule has 2 rings (SSSR count). The van der Waals surface area contributed by atoms with E-state index in [1.54, 1.807) is 0 Å². The molecule has 0 aliphatic carbocycles. The number of aromatic nitrogens is 1. The van der Waals surface area contributed by atoms with Crippen LogP contribution in [0.2, 0.25) is 0 Å². The van der Waals surface area contributed by atoms with Crippen molar-refractivity contribution in [1.29, 1.82) is 0 Å². The van der Waals surface area contributed by atoms with Crippen LogP contribution in [0.15, 0.2) is 49.2 Å². The summed E-state index contributed by atoms with van der Waals surface area (Å²) in [5.74, 6) is 0. The highest BCUT2D eigenvalue weighted by atomic mass is 14.7. The van der Waals surface area contributed by atoms with Crippen molar-refractivity contribution in [2.24, 2.45) is 0 Å². The predicted molar refractivity (Wildman–Crippen MR) is 56.3 cm³/mol. The molecule has 0 unspecified atom stereocenters. The summed E-state index contributed by atoms with van der Waals surface area (Å²) in [5.41, 5.74) is 3.48. The molecule has 0 amide bonds. The minimum Gasteiger partial charge on any atom is -0.361 e. The van der Waals surface area contributed by atoms with Gasteiger partial charge in [0.25, 0.3) is 0 Å². The lowest BCUT2D eigenvalue weighted by molar-refractivity contribution is 1.40. The fraction of sp³-hybridized carbons (Fsp3) is 0. The summed E-state index contributed by atoms with van der Waals surface area (Å²) in [5, 5.41) is 0. The van der Waals surface area contributed by atoms with E-state index in [2.05, 4.69) is 23.7 Å². The number of H-pyrrole nitrogens is 1. The maximum absolute atomic E-state index is 3.77. The minimum absolute atomic E-state index is 1.13. The Hall–Kier alpha value is -1.76. The first kappa shape index (κ1) is 7.87. The molecular formula is C12H11N. The van der Waals surface area contributed by atoms with E-state index in [1.165, 1.54) is 5.56 Å². The molecule has 0 radical (unpaired) electrons. The molecule has 0 fully saturated rings. The van der Waals surface area contributed by atoms with Gasteiger partial charge in [-0.1, -0.05) is 43.0 Å². The first-order valence-electron chi connectivity index (χ1n) is 4.27. The van der Waals surface area contributed by atoms with Gasteiger partial charge >= 0.3 is 0 Å². The Balaban J connectivity index is 2.52. The number of benzene rings is 1. The van der Waals surface area contributed by atoms with Gasteiger partial charge in [-0.3, -0.25) is 0 Å². The summed E-state index contributed by atoms with van der Waals surface area (Å²) in [4.78, 5) is 3.20. The Bertz CT molecular complexity index is 398. The van der Waals surface area contributed by atoms with Gasteiger partial charge in [-0.2, -0.15) is 0 Å². The topological polar surface area (TPSA) is 15.8 Å². The Morgan fingerprint density at radius 2 is 1.85 bits per heavy atom. The van der Waals surface area contributed by atoms with Crippen LogP contribution in [-0.4, -0.2) is 4.98 Å². The van der Waals surface area contributed by atoms with Crippen molar-refractivity contribution < 1.29 is 0 Å². The van der Waals surface area contributed by atoms with E-state index in [-0.39, 0.29) is 0 Å². The molecule has 0 spiro atoms. The second-order valence-corrected chi connectivity index (χ2v) is 2.88. The van der Waals surface area contributed by atoms with Gasteiger partial charge in [-0.25, -0.2) is 0 Å². The molecule has 1 nitrogen and oxygen atoms in total. The molecule has 0 aliphatic heterocycles. The fourth-order valence-corrected chi connectivity index (χ4v) is 1.41. The normalized spacial score (nSPS) is 9.85. The van der Waals surface area contributed by atoms with Crippen molar-refractivity contribution in [2.45, 2.75) is 0 Å². The largest absolute Gasteiger partial charge is 0.361 e. The summed E-state index contributed by atoms with van der Waals surface area (Å²) in [6.45, 7) is 3.77. The average molecular weight is 169 g/mol. The van der Waals surface area contributed by atoms with Crippen molar-refractivity contribution >= 4 is 6.08 Å². The van der Waals surface area contributed by atoms with E-state index in [0.717, 1.165) is 11.3 Å². The summed E-state index contributed by atoms with van der Waals surface area (Å²) < 4.78 is 0. The molecular weight excluding hydrogens is 158 g/mol. The number of aromatic amines is 1. The van der Waals surface area contributed by atoms with Gasteiger partial charge in [0.2, 0.25) is 0 Å². The zero-order valence-corrected chi connectivity index (χ0v) is 7.33. The van der Waals surface area contributed by atoms with E-state index >= 15 is 0 Å². The number of hydrogen-bond acceptors (Lipinski definition) is 0. The fourth-order valence-electron chi connectivity index (χ4n) is 1.41. The molecule has 64 valence electrons. The quantitative estimate of drug-likeness (QED) is 0.709. The van der Waals surface area contributed by atoms with E-state index in [0.29, 0.717) is 0 Å². The second-order valence-electron chi connectivity index (χ2n) is 2.88. The highest BCUT2D eigenvalue weighted by Crippen LogP contribution is 2.21. The van der Waals surface area contributed by atoms with Crippen molar-refractivity contribution in [2.75, 3.05) is 0 Å². The third kappa shape index (κ3) is 1.41. The standard InChI is InChI=1S/C12H11N/c1-2-10-8-9-13-12(10)11-6-4-3-5-7-11/h2-9,13H,1H2. The van der Waals surface area contributed by atoms with Crippen LogP contribution >= 0.6 is 0 Å². The van der Waals surface area contributed by atoms with Crippen LogP contribution in [0, 0.1) is 0 Å². The predicted octanol–water partition coefficient (Wildman–Crippen LogP) is 3.32. The molecule has 0 bridgehead atoms. The second kappa shape index (κ2) is 3.31. The van der Waals surface area contributed by atoms with Crippen LogP contribution in [0.1, 0.15) is 5.56 Å². The van der Waals surface area contributed by atoms with Crippen molar-refractivity contribution in [1.82, 2.24) is 4.98 Å². The summed E-state index contributed by atoms with van der Waals surface area (Å²) in [6.07, 6.45) is 3.79. The summed E-state index contributed by atoms with van der Waals surface area (Å²) >= 11 is 0. The van der Waals surface area contributed by atoms with Crippen molar-refractivity contribution in [3.63, 3.8) is 0 Å². The van der Waals surface area contributed by atoms with Gasteiger partial charge in [0.1, 0.15) is 0 Å². The number of hydrogen-bond donors (Lipinski definition) is 1. The first-order valence-corrected chi connectivity index (χ1v) is 4.27. The number of rotatable bonds is 2. The van der Waals surface area contributed by atoms with Crippen LogP contribution in [0.5, 0.6) is 0 Å². The molecule has 1 N–H and O–H groups in total. The van der Waals surface area contributed by atoms with Crippen LogP contribution in [0.25, 0.3) is 17.3 Å². The van der Waals surface area contributed by atoms with Crippen LogP contribution in [0.3, 0.4) is 0 Å². The first-order chi connectivity index (χ1) is 6.42. The SMILES string of the molecule is C=Cc1cc[nH]c1-c1ccccc1. The lowest BCUT2D eigenvalue weighted by atomic mass is 10.1. The molecule has 1 aromatic carbocycles. The lowest BCUT2D eigenvalue weighted by Crippen LogP contribution is -1.78. The van der Waals surface area contributed by atoms with Gasteiger partial charge in [0.15, 0.2) is 0 Å². The van der Waals surface area contributed by atoms with E-state index in [1.807, 2.05) is 36.5 Å². The van der Waals surface area contributed by atoms with E-state index < -0.39 is 0 Å². The molecule has 1 heteroatoms. The third-order valence-electron chi connectivity index (χ3n) is 2.06. The molecule has 2 aromatic rings. The Morgan fingerprint density at radius 1 is 1.08 bits per heavy atom. The molecule has 0 saturated heterocycles. The summed E-state index contributed by atoms with van der Waals surface area (Å²) in [7, 11) is 0. The lowest BCUT2D eigenvalue weighted by Gasteiger charge is -1.99. The van der Waals surface area contributed by atoms with Crippen LogP contribution in [-0.2, 0) is 0 Å². The zero-order chi connectivity index (χ0) is 9.10. The molecule has 0 saturated carbocycles. The molecule has 1 heterocycles. The maximum atomic E-state index is 3.77. The zero-order valence-electron chi connectivity index (χ0n) is 7.33. The Kier molecular flexibility index (Phi) is 2.01. The Labute approximate surface area is 77.7 Å². The smallest absolute Gasteiger partial charge is 0.0527 e. The minimum atomic E-state index is 1.13. The molecule has 1 aromatic heterocycles. The molecule has 13 heavy (non-hydrogen) atoms. The average Bonchev–Trinajstić information content (AvgIpc) is 2.67. The van der Waals surface area contributed by atoms with Gasteiger partial charge in [-0.05, 0) is 17.2 Å². The number of nitrogens with one attached hydrogen (secondary N) is 1. The highest BCUT2D eigenvalue weighted by Gasteiger charge is 2.01. The molecule has 0 aliphatic rings. The van der Waals surface area contributed by atoms with Gasteiger partial charge in [0.05, 0.1) is 5.69 Å². The molecule has 0 atom stereocenters. The van der Waals surface area contributed by atoms with Gasteiger partial charge in [0, 0.05) is 6.20 Å². The van der Waals surface area contributed by atoms with Crippen LogP contribution < -0.4 is 0 Å². The van der Waals surface area contributed by atoms with E-state index in [9.17, 15) is 0 Å². The van der Waals surface area contributed by atoms with Gasteiger partial charge < -0.3 is 4.98 Å². The maximum Gasteiger partial charge on any atom is 0.0527 e. The van der Waals surface area contributed by atoms with Crippen LogP contribution in [0.4, 0.5) is 0 Å². The van der Waals surface area contributed by atoms with E-state index in [4.69, 9.17) is 0 Å². The monoisotopic (exact) mass is 169 g/mol. The Morgan fingerprint density at radius 3 is 2.54 bits per heavy atom. The highest BCUT2D eigenvalue weighted by molar-refractivity contribution is 5.71. The van der Waals surface area contributed by atoms with Gasteiger partial charge in [-0.15, -0.1) is 0 Å². The van der Waals surface area contributed by atoms with Crippen molar-refractivity contribution in [3.05, 3.63) is 54.7 Å².